The average molecular weight is 366 g/mol. The van der Waals surface area contributed by atoms with Crippen molar-refractivity contribution in [1.82, 2.24) is 0 Å². The maximum atomic E-state index is 13.1. The van der Waals surface area contributed by atoms with Gasteiger partial charge in [-0.15, -0.1) is 0 Å². The zero-order chi connectivity index (χ0) is 19.2. The first-order chi connectivity index (χ1) is 13.8. The summed E-state index contributed by atoms with van der Waals surface area (Å²) < 4.78 is 6.00. The van der Waals surface area contributed by atoms with E-state index in [1.165, 1.54) is 5.39 Å². The van der Waals surface area contributed by atoms with Crippen LogP contribution in [0.5, 0.6) is 5.75 Å². The molecule has 0 saturated carbocycles. The van der Waals surface area contributed by atoms with Crippen LogP contribution in [0.3, 0.4) is 0 Å². The van der Waals surface area contributed by atoms with Crippen molar-refractivity contribution in [3.8, 4) is 5.75 Å². The number of carbonyl (C=O) groups excluding carboxylic acids is 1. The standard InChI is InChI=1S/C26H22O2/c27-26(22-12-5-2-6-13-22)25(21-10-3-1-4-11-21)17-18-28-24-16-15-20-9-7-8-14-23(20)19-24/h1-16,19,25H,17-18H2. The Kier molecular flexibility index (Phi) is 5.48. The number of rotatable bonds is 7. The molecule has 0 spiro atoms. The fourth-order valence-corrected chi connectivity index (χ4v) is 3.49. The van der Waals surface area contributed by atoms with Gasteiger partial charge in [-0.25, -0.2) is 0 Å². The topological polar surface area (TPSA) is 26.3 Å². The Bertz CT molecular complexity index is 1060. The fourth-order valence-electron chi connectivity index (χ4n) is 3.49. The van der Waals surface area contributed by atoms with Gasteiger partial charge in [-0.2, -0.15) is 0 Å². The second-order valence-electron chi connectivity index (χ2n) is 6.84. The van der Waals surface area contributed by atoms with Gasteiger partial charge in [0, 0.05) is 5.56 Å². The van der Waals surface area contributed by atoms with E-state index in [1.54, 1.807) is 0 Å². The van der Waals surface area contributed by atoms with Crippen LogP contribution in [0, 0.1) is 0 Å². The zero-order valence-corrected chi connectivity index (χ0v) is 15.6. The number of hydrogen-bond donors (Lipinski definition) is 0. The van der Waals surface area contributed by atoms with Crippen molar-refractivity contribution in [1.29, 1.82) is 0 Å². The molecular weight excluding hydrogens is 344 g/mol. The molecule has 0 amide bonds. The predicted molar refractivity (Wildman–Crippen MR) is 114 cm³/mol. The van der Waals surface area contributed by atoms with Gasteiger partial charge in [-0.05, 0) is 34.9 Å². The molecule has 0 saturated heterocycles. The number of ether oxygens (including phenoxy) is 1. The molecule has 2 nitrogen and oxygen atoms in total. The molecule has 0 heterocycles. The molecule has 1 unspecified atom stereocenters. The molecule has 1 atom stereocenters. The highest BCUT2D eigenvalue weighted by molar-refractivity contribution is 6.00. The van der Waals surface area contributed by atoms with Gasteiger partial charge in [0.05, 0.1) is 12.5 Å². The minimum Gasteiger partial charge on any atom is -0.494 e. The maximum absolute atomic E-state index is 13.1. The van der Waals surface area contributed by atoms with Crippen molar-refractivity contribution in [3.63, 3.8) is 0 Å². The molecule has 0 aliphatic rings. The quantitative estimate of drug-likeness (QED) is 0.360. The van der Waals surface area contributed by atoms with E-state index in [-0.39, 0.29) is 11.7 Å². The predicted octanol–water partition coefficient (Wildman–Crippen LogP) is 6.28. The second-order valence-corrected chi connectivity index (χ2v) is 6.84. The first kappa shape index (κ1) is 18.0. The largest absolute Gasteiger partial charge is 0.494 e. The van der Waals surface area contributed by atoms with Crippen LogP contribution in [0.1, 0.15) is 28.3 Å². The Balaban J connectivity index is 1.50. The van der Waals surface area contributed by atoms with Crippen LogP contribution in [0.25, 0.3) is 10.8 Å². The fraction of sp³-hybridized carbons (Fsp3) is 0.115. The zero-order valence-electron chi connectivity index (χ0n) is 15.6. The van der Waals surface area contributed by atoms with Gasteiger partial charge in [0.15, 0.2) is 5.78 Å². The van der Waals surface area contributed by atoms with Crippen LogP contribution in [-0.4, -0.2) is 12.4 Å². The summed E-state index contributed by atoms with van der Waals surface area (Å²) in [5.41, 5.74) is 1.76. The lowest BCUT2D eigenvalue weighted by atomic mass is 9.88. The number of benzene rings is 4. The summed E-state index contributed by atoms with van der Waals surface area (Å²) in [6.07, 6.45) is 0.630. The van der Waals surface area contributed by atoms with Gasteiger partial charge in [0.25, 0.3) is 0 Å². The number of fused-ring (bicyclic) bond motifs is 1. The minimum absolute atomic E-state index is 0.133. The third-order valence-electron chi connectivity index (χ3n) is 4.97. The summed E-state index contributed by atoms with van der Waals surface area (Å²) in [7, 11) is 0. The summed E-state index contributed by atoms with van der Waals surface area (Å²) in [6, 6.07) is 33.8. The number of Topliss-reactive ketones (excluding diaryl/α,β-unsaturated/α-hetero) is 1. The number of hydrogen-bond acceptors (Lipinski definition) is 2. The Morgan fingerprint density at radius 3 is 2.11 bits per heavy atom. The molecule has 0 radical (unpaired) electrons. The second kappa shape index (κ2) is 8.53. The van der Waals surface area contributed by atoms with Crippen molar-refractivity contribution >= 4 is 16.6 Å². The molecule has 0 fully saturated rings. The van der Waals surface area contributed by atoms with Crippen molar-refractivity contribution in [3.05, 3.63) is 114 Å². The van der Waals surface area contributed by atoms with E-state index >= 15 is 0 Å². The van der Waals surface area contributed by atoms with Gasteiger partial charge in [0.2, 0.25) is 0 Å². The Hall–Kier alpha value is -3.39. The molecule has 4 rings (SSSR count). The SMILES string of the molecule is O=C(c1ccccc1)C(CCOc1ccc2ccccc2c1)c1ccccc1. The molecule has 0 bridgehead atoms. The Morgan fingerprint density at radius 2 is 1.36 bits per heavy atom. The smallest absolute Gasteiger partial charge is 0.170 e. The number of ketones is 1. The molecule has 28 heavy (non-hydrogen) atoms. The van der Waals surface area contributed by atoms with E-state index in [0.29, 0.717) is 13.0 Å². The third kappa shape index (κ3) is 4.12. The van der Waals surface area contributed by atoms with Crippen LogP contribution in [-0.2, 0) is 0 Å². The summed E-state index contributed by atoms with van der Waals surface area (Å²) in [5.74, 6) is 0.746. The van der Waals surface area contributed by atoms with Crippen molar-refractivity contribution in [2.24, 2.45) is 0 Å². The van der Waals surface area contributed by atoms with Gasteiger partial charge in [0.1, 0.15) is 5.75 Å². The van der Waals surface area contributed by atoms with Crippen LogP contribution >= 0.6 is 0 Å². The molecule has 0 aliphatic carbocycles. The molecule has 0 N–H and O–H groups in total. The highest BCUT2D eigenvalue weighted by atomic mass is 16.5. The van der Waals surface area contributed by atoms with Crippen LogP contribution in [0.2, 0.25) is 0 Å². The Labute approximate surface area is 165 Å². The minimum atomic E-state index is -0.218. The van der Waals surface area contributed by atoms with E-state index in [1.807, 2.05) is 84.9 Å². The van der Waals surface area contributed by atoms with Gasteiger partial charge in [-0.3, -0.25) is 4.79 Å². The van der Waals surface area contributed by atoms with Crippen molar-refractivity contribution in [2.75, 3.05) is 6.61 Å². The number of carbonyl (C=O) groups is 1. The lowest BCUT2D eigenvalue weighted by Gasteiger charge is -2.17. The molecule has 0 aromatic heterocycles. The lowest BCUT2D eigenvalue weighted by Crippen LogP contribution is -2.16. The summed E-state index contributed by atoms with van der Waals surface area (Å²) in [4.78, 5) is 13.1. The van der Waals surface area contributed by atoms with Gasteiger partial charge in [-0.1, -0.05) is 91.0 Å². The maximum Gasteiger partial charge on any atom is 0.170 e. The Morgan fingerprint density at radius 1 is 0.714 bits per heavy atom. The van der Waals surface area contributed by atoms with E-state index in [2.05, 4.69) is 18.2 Å². The molecule has 4 aromatic rings. The molecular formula is C26H22O2. The monoisotopic (exact) mass is 366 g/mol. The van der Waals surface area contributed by atoms with E-state index in [9.17, 15) is 4.79 Å². The van der Waals surface area contributed by atoms with Gasteiger partial charge < -0.3 is 4.74 Å². The molecule has 138 valence electrons. The highest BCUT2D eigenvalue weighted by Crippen LogP contribution is 2.26. The summed E-state index contributed by atoms with van der Waals surface area (Å²) in [6.45, 7) is 0.483. The van der Waals surface area contributed by atoms with E-state index < -0.39 is 0 Å². The lowest BCUT2D eigenvalue weighted by molar-refractivity contribution is 0.0946. The summed E-state index contributed by atoms with van der Waals surface area (Å²) in [5, 5.41) is 2.34. The van der Waals surface area contributed by atoms with Crippen LogP contribution < -0.4 is 4.74 Å². The van der Waals surface area contributed by atoms with Crippen molar-refractivity contribution < 1.29 is 9.53 Å². The molecule has 2 heteroatoms. The van der Waals surface area contributed by atoms with E-state index in [4.69, 9.17) is 4.74 Å². The normalized spacial score (nSPS) is 11.9. The van der Waals surface area contributed by atoms with Crippen molar-refractivity contribution in [2.45, 2.75) is 12.3 Å². The van der Waals surface area contributed by atoms with E-state index in [0.717, 1.165) is 22.3 Å². The molecule has 0 aliphatic heterocycles. The first-order valence-electron chi connectivity index (χ1n) is 9.57. The average Bonchev–Trinajstić information content (AvgIpc) is 2.77. The third-order valence-corrected chi connectivity index (χ3v) is 4.97. The molecule has 4 aromatic carbocycles. The highest BCUT2D eigenvalue weighted by Gasteiger charge is 2.21. The summed E-state index contributed by atoms with van der Waals surface area (Å²) >= 11 is 0. The van der Waals surface area contributed by atoms with Crippen LogP contribution in [0.4, 0.5) is 0 Å². The first-order valence-corrected chi connectivity index (χ1v) is 9.57. The van der Waals surface area contributed by atoms with Gasteiger partial charge >= 0.3 is 0 Å². The van der Waals surface area contributed by atoms with Crippen LogP contribution in [0.15, 0.2) is 103 Å².